The van der Waals surface area contributed by atoms with Gasteiger partial charge in [0.2, 0.25) is 0 Å². The fraction of sp³-hybridized carbons (Fsp3) is 0.538. The van der Waals surface area contributed by atoms with E-state index in [1.54, 1.807) is 12.3 Å². The van der Waals surface area contributed by atoms with E-state index in [0.717, 1.165) is 32.0 Å². The van der Waals surface area contributed by atoms with Crippen molar-refractivity contribution in [1.29, 1.82) is 0 Å². The molecule has 20 heavy (non-hydrogen) atoms. The maximum absolute atomic E-state index is 6.20. The van der Waals surface area contributed by atoms with Gasteiger partial charge in [0.25, 0.3) is 0 Å². The van der Waals surface area contributed by atoms with E-state index in [-0.39, 0.29) is 5.54 Å². The van der Waals surface area contributed by atoms with Crippen LogP contribution >= 0.6 is 35.4 Å². The number of anilines is 1. The minimum atomic E-state index is -0.265. The minimum Gasteiger partial charge on any atom is -0.392 e. The van der Waals surface area contributed by atoms with E-state index in [2.05, 4.69) is 28.6 Å². The molecule has 2 N–H and O–H groups in total. The number of pyridine rings is 1. The van der Waals surface area contributed by atoms with Gasteiger partial charge in [-0.05, 0) is 19.9 Å². The lowest BCUT2D eigenvalue weighted by atomic mass is 10.0. The van der Waals surface area contributed by atoms with Gasteiger partial charge >= 0.3 is 0 Å². The molecule has 4 nitrogen and oxygen atoms in total. The van der Waals surface area contributed by atoms with Crippen LogP contribution in [-0.2, 0) is 0 Å². The lowest BCUT2D eigenvalue weighted by Crippen LogP contribution is -2.59. The predicted molar refractivity (Wildman–Crippen MR) is 88.9 cm³/mol. The first kappa shape index (κ1) is 15.8. The van der Waals surface area contributed by atoms with Crippen LogP contribution in [0.5, 0.6) is 0 Å². The molecule has 0 aromatic carbocycles. The molecule has 0 spiro atoms. The van der Waals surface area contributed by atoms with E-state index in [1.807, 2.05) is 0 Å². The van der Waals surface area contributed by atoms with Crippen molar-refractivity contribution in [3.05, 3.63) is 22.3 Å². The zero-order valence-electron chi connectivity index (χ0n) is 11.6. The molecule has 0 bridgehead atoms. The molecule has 2 heterocycles. The lowest BCUT2D eigenvalue weighted by molar-refractivity contribution is 0.168. The number of nitrogens with zero attached hydrogens (tertiary/aromatic N) is 3. The number of aromatic nitrogens is 1. The zero-order chi connectivity index (χ0) is 14.9. The van der Waals surface area contributed by atoms with Gasteiger partial charge < -0.3 is 10.6 Å². The maximum atomic E-state index is 6.20. The molecule has 0 saturated carbocycles. The van der Waals surface area contributed by atoms with Crippen LogP contribution in [0.4, 0.5) is 5.82 Å². The Balaban J connectivity index is 2.06. The highest BCUT2D eigenvalue weighted by atomic mass is 35.5. The summed E-state index contributed by atoms with van der Waals surface area (Å²) in [5.74, 6) is 0.781. The second-order valence-electron chi connectivity index (χ2n) is 5.36. The summed E-state index contributed by atoms with van der Waals surface area (Å²) in [4.78, 5) is 9.28. The predicted octanol–water partition coefficient (Wildman–Crippen LogP) is 2.58. The summed E-state index contributed by atoms with van der Waals surface area (Å²) in [6.45, 7) is 7.51. The summed E-state index contributed by atoms with van der Waals surface area (Å²) < 4.78 is 0. The molecular formula is C13H18Cl2N4S. The number of hydrogen-bond acceptors (Lipinski definition) is 4. The van der Waals surface area contributed by atoms with Crippen LogP contribution in [0.2, 0.25) is 10.0 Å². The van der Waals surface area contributed by atoms with Crippen molar-refractivity contribution in [2.45, 2.75) is 19.4 Å². The Kier molecular flexibility index (Phi) is 4.74. The van der Waals surface area contributed by atoms with Crippen molar-refractivity contribution in [3.8, 4) is 0 Å². The first-order valence-electron chi connectivity index (χ1n) is 6.43. The van der Waals surface area contributed by atoms with Crippen molar-refractivity contribution in [3.63, 3.8) is 0 Å². The molecule has 0 amide bonds. The highest BCUT2D eigenvalue weighted by Crippen LogP contribution is 2.28. The first-order chi connectivity index (χ1) is 9.32. The van der Waals surface area contributed by atoms with Gasteiger partial charge in [0, 0.05) is 32.4 Å². The summed E-state index contributed by atoms with van der Waals surface area (Å²) in [5, 5.41) is 1.13. The average Bonchev–Trinajstić information content (AvgIpc) is 2.38. The van der Waals surface area contributed by atoms with Crippen LogP contribution in [0, 0.1) is 0 Å². The molecule has 110 valence electrons. The van der Waals surface area contributed by atoms with Crippen LogP contribution in [0.25, 0.3) is 0 Å². The van der Waals surface area contributed by atoms with Gasteiger partial charge in [-0.2, -0.15) is 0 Å². The van der Waals surface area contributed by atoms with E-state index >= 15 is 0 Å². The van der Waals surface area contributed by atoms with E-state index in [0.29, 0.717) is 15.0 Å². The number of nitrogens with two attached hydrogens (primary N) is 1. The molecule has 1 saturated heterocycles. The molecule has 0 radical (unpaired) electrons. The Morgan fingerprint density at radius 1 is 1.30 bits per heavy atom. The van der Waals surface area contributed by atoms with Gasteiger partial charge in [0.05, 0.1) is 20.6 Å². The van der Waals surface area contributed by atoms with Gasteiger partial charge in [-0.3, -0.25) is 4.90 Å². The third-order valence-corrected chi connectivity index (χ3v) is 4.75. The fourth-order valence-corrected chi connectivity index (χ4v) is 2.90. The van der Waals surface area contributed by atoms with Crippen molar-refractivity contribution in [1.82, 2.24) is 9.88 Å². The minimum absolute atomic E-state index is 0.265. The largest absolute Gasteiger partial charge is 0.392 e. The monoisotopic (exact) mass is 332 g/mol. The Morgan fingerprint density at radius 2 is 1.90 bits per heavy atom. The van der Waals surface area contributed by atoms with Gasteiger partial charge in [-0.15, -0.1) is 0 Å². The molecule has 7 heteroatoms. The SMILES string of the molecule is CC(C)(C(N)=S)N1CCN(c2ncc(Cl)cc2Cl)CC1. The molecular weight excluding hydrogens is 315 g/mol. The molecule has 1 aromatic heterocycles. The van der Waals surface area contributed by atoms with E-state index in [9.17, 15) is 0 Å². The molecule has 1 aliphatic rings. The molecule has 1 aliphatic heterocycles. The molecule has 0 aliphatic carbocycles. The summed E-state index contributed by atoms with van der Waals surface area (Å²) >= 11 is 17.2. The zero-order valence-corrected chi connectivity index (χ0v) is 13.9. The van der Waals surface area contributed by atoms with Crippen molar-refractivity contribution in [2.24, 2.45) is 5.73 Å². The van der Waals surface area contributed by atoms with Gasteiger partial charge in [0.15, 0.2) is 0 Å². The molecule has 0 atom stereocenters. The van der Waals surface area contributed by atoms with E-state index in [4.69, 9.17) is 41.2 Å². The third kappa shape index (κ3) is 3.17. The Labute approximate surface area is 134 Å². The number of thiocarbonyl (C=S) groups is 1. The first-order valence-corrected chi connectivity index (χ1v) is 7.59. The van der Waals surface area contributed by atoms with Crippen LogP contribution in [0.1, 0.15) is 13.8 Å². The van der Waals surface area contributed by atoms with E-state index in [1.165, 1.54) is 0 Å². The lowest BCUT2D eigenvalue weighted by Gasteiger charge is -2.43. The highest BCUT2D eigenvalue weighted by Gasteiger charge is 2.32. The molecule has 1 aromatic rings. The highest BCUT2D eigenvalue weighted by molar-refractivity contribution is 7.80. The average molecular weight is 333 g/mol. The van der Waals surface area contributed by atoms with Crippen LogP contribution in [0.3, 0.4) is 0 Å². The summed E-state index contributed by atoms with van der Waals surface area (Å²) in [6, 6.07) is 1.72. The van der Waals surface area contributed by atoms with Gasteiger partial charge in [0.1, 0.15) is 5.82 Å². The van der Waals surface area contributed by atoms with Gasteiger partial charge in [-0.25, -0.2) is 4.98 Å². The smallest absolute Gasteiger partial charge is 0.147 e. The topological polar surface area (TPSA) is 45.4 Å². The molecule has 1 fully saturated rings. The van der Waals surface area contributed by atoms with Crippen molar-refractivity contribution < 1.29 is 0 Å². The normalized spacial score (nSPS) is 17.3. The van der Waals surface area contributed by atoms with Crippen LogP contribution in [-0.4, -0.2) is 46.6 Å². The molecule has 2 rings (SSSR count). The third-order valence-electron chi connectivity index (χ3n) is 3.76. The van der Waals surface area contributed by atoms with Gasteiger partial charge in [-0.1, -0.05) is 35.4 Å². The standard InChI is InChI=1S/C13H18Cl2N4S/c1-13(2,12(16)20)19-5-3-18(4-6-19)11-10(15)7-9(14)8-17-11/h7-8H,3-6H2,1-2H3,(H2,16,20). The Hall–Kier alpha value is -0.620. The quantitative estimate of drug-likeness (QED) is 0.862. The summed E-state index contributed by atoms with van der Waals surface area (Å²) in [5.41, 5.74) is 5.55. The number of rotatable bonds is 3. The van der Waals surface area contributed by atoms with Crippen LogP contribution < -0.4 is 10.6 Å². The number of piperazine rings is 1. The fourth-order valence-electron chi connectivity index (χ4n) is 2.27. The number of halogens is 2. The summed E-state index contributed by atoms with van der Waals surface area (Å²) in [7, 11) is 0. The van der Waals surface area contributed by atoms with Crippen molar-refractivity contribution in [2.75, 3.05) is 31.1 Å². The second kappa shape index (κ2) is 6.02. The van der Waals surface area contributed by atoms with E-state index < -0.39 is 0 Å². The Bertz CT molecular complexity index is 513. The second-order valence-corrected chi connectivity index (χ2v) is 6.64. The Morgan fingerprint density at radius 3 is 2.40 bits per heavy atom. The molecule has 0 unspecified atom stereocenters. The van der Waals surface area contributed by atoms with Crippen LogP contribution in [0.15, 0.2) is 12.3 Å². The van der Waals surface area contributed by atoms with Crippen molar-refractivity contribution >= 4 is 46.2 Å². The summed E-state index contributed by atoms with van der Waals surface area (Å²) in [6.07, 6.45) is 1.62. The number of hydrogen-bond donors (Lipinski definition) is 1. The maximum Gasteiger partial charge on any atom is 0.147 e.